The first-order valence-electron chi connectivity index (χ1n) is 11.2. The number of hydrogen-bond acceptors (Lipinski definition) is 6. The highest BCUT2D eigenvalue weighted by Crippen LogP contribution is 2.45. The van der Waals surface area contributed by atoms with Gasteiger partial charge in [0.05, 0.1) is 11.6 Å². The Kier molecular flexibility index (Phi) is 7.14. The average molecular weight is 478 g/mol. The Balaban J connectivity index is 1.80. The van der Waals surface area contributed by atoms with Crippen LogP contribution >= 0.6 is 11.3 Å². The molecule has 0 saturated carbocycles. The van der Waals surface area contributed by atoms with Crippen LogP contribution in [0, 0.1) is 5.92 Å². The minimum absolute atomic E-state index is 0.0344. The molecule has 4 rings (SSSR count). The van der Waals surface area contributed by atoms with Gasteiger partial charge in [-0.05, 0) is 53.1 Å². The van der Waals surface area contributed by atoms with Gasteiger partial charge in [-0.2, -0.15) is 11.3 Å². The molecule has 1 unspecified atom stereocenters. The Bertz CT molecular complexity index is 1200. The molecule has 176 valence electrons. The summed E-state index contributed by atoms with van der Waals surface area (Å²) in [7, 11) is 0. The lowest BCUT2D eigenvalue weighted by atomic mass is 9.90. The van der Waals surface area contributed by atoms with Crippen molar-refractivity contribution < 1.29 is 24.2 Å². The van der Waals surface area contributed by atoms with Crippen LogP contribution in [0.25, 0.3) is 11.1 Å². The topological polar surface area (TPSA) is 76.1 Å². The fourth-order valence-corrected chi connectivity index (χ4v) is 4.66. The van der Waals surface area contributed by atoms with E-state index < -0.39 is 23.6 Å². The Morgan fingerprint density at radius 3 is 2.47 bits per heavy atom. The van der Waals surface area contributed by atoms with Crippen molar-refractivity contribution in [2.24, 2.45) is 5.92 Å². The van der Waals surface area contributed by atoms with Crippen LogP contribution in [-0.4, -0.2) is 30.2 Å². The van der Waals surface area contributed by atoms with E-state index in [0.29, 0.717) is 23.6 Å². The summed E-state index contributed by atoms with van der Waals surface area (Å²) in [6, 6.07) is 15.9. The molecule has 0 fully saturated rings. The van der Waals surface area contributed by atoms with Crippen molar-refractivity contribution in [3.8, 4) is 16.9 Å². The quantitative estimate of drug-likeness (QED) is 0.306. The summed E-state index contributed by atoms with van der Waals surface area (Å²) in [5.41, 5.74) is 3.36. The second-order valence-electron chi connectivity index (χ2n) is 8.21. The van der Waals surface area contributed by atoms with Crippen molar-refractivity contribution in [3.05, 3.63) is 82.3 Å². The van der Waals surface area contributed by atoms with Crippen LogP contribution in [0.2, 0.25) is 0 Å². The molecule has 2 aromatic carbocycles. The third-order valence-corrected chi connectivity index (χ3v) is 6.40. The summed E-state index contributed by atoms with van der Waals surface area (Å²) in [5.74, 6) is -1.34. The first kappa shape index (κ1) is 23.7. The molecule has 0 saturated heterocycles. The highest BCUT2D eigenvalue weighted by atomic mass is 32.1. The Morgan fingerprint density at radius 2 is 1.82 bits per heavy atom. The van der Waals surface area contributed by atoms with E-state index in [2.05, 4.69) is 5.38 Å². The van der Waals surface area contributed by atoms with Crippen molar-refractivity contribution in [1.82, 2.24) is 0 Å². The molecule has 0 radical (unpaired) electrons. The lowest BCUT2D eigenvalue weighted by Crippen LogP contribution is -2.31. The molecule has 0 spiro atoms. The highest BCUT2D eigenvalue weighted by molar-refractivity contribution is 7.08. The van der Waals surface area contributed by atoms with Gasteiger partial charge in [0.25, 0.3) is 5.91 Å². The van der Waals surface area contributed by atoms with Gasteiger partial charge < -0.3 is 14.6 Å². The molecule has 1 aliphatic heterocycles. The molecule has 34 heavy (non-hydrogen) atoms. The number of para-hydroxylation sites is 1. The van der Waals surface area contributed by atoms with Gasteiger partial charge in [-0.1, -0.05) is 44.2 Å². The van der Waals surface area contributed by atoms with E-state index in [-0.39, 0.29) is 18.1 Å². The van der Waals surface area contributed by atoms with Crippen LogP contribution in [0.3, 0.4) is 0 Å². The van der Waals surface area contributed by atoms with Gasteiger partial charge in [-0.3, -0.25) is 14.5 Å². The van der Waals surface area contributed by atoms with E-state index in [4.69, 9.17) is 9.47 Å². The summed E-state index contributed by atoms with van der Waals surface area (Å²) >= 11 is 1.61. The Labute approximate surface area is 203 Å². The van der Waals surface area contributed by atoms with Crippen molar-refractivity contribution in [1.29, 1.82) is 0 Å². The summed E-state index contributed by atoms with van der Waals surface area (Å²) in [6.07, 6.45) is 0. The van der Waals surface area contributed by atoms with Crippen LogP contribution in [0.5, 0.6) is 5.75 Å². The molecule has 1 N–H and O–H groups in total. The van der Waals surface area contributed by atoms with Gasteiger partial charge in [-0.25, -0.2) is 0 Å². The monoisotopic (exact) mass is 477 g/mol. The summed E-state index contributed by atoms with van der Waals surface area (Å²) in [6.45, 7) is 5.89. The number of ether oxygens (including phenoxy) is 2. The Hall–Kier alpha value is -3.42. The lowest BCUT2D eigenvalue weighted by Gasteiger charge is -2.28. The van der Waals surface area contributed by atoms with Gasteiger partial charge in [0.15, 0.2) is 18.3 Å². The van der Waals surface area contributed by atoms with Crippen LogP contribution in [0.15, 0.2) is 76.7 Å². The molecule has 1 aromatic heterocycles. The third kappa shape index (κ3) is 4.49. The van der Waals surface area contributed by atoms with Crippen LogP contribution in [0.1, 0.15) is 32.4 Å². The largest absolute Gasteiger partial charge is 0.503 e. The smallest absolute Gasteiger partial charge is 0.294 e. The zero-order valence-electron chi connectivity index (χ0n) is 19.4. The van der Waals surface area contributed by atoms with Gasteiger partial charge >= 0.3 is 0 Å². The maximum Gasteiger partial charge on any atom is 0.294 e. The molecular formula is C27H27NO5S. The maximum absolute atomic E-state index is 13.3. The van der Waals surface area contributed by atoms with E-state index in [1.165, 1.54) is 4.90 Å². The van der Waals surface area contributed by atoms with Gasteiger partial charge in [0.1, 0.15) is 5.75 Å². The number of rotatable bonds is 9. The average Bonchev–Trinajstić information content (AvgIpc) is 3.47. The second-order valence-corrected chi connectivity index (χ2v) is 8.99. The molecule has 0 aliphatic carbocycles. The molecule has 1 atom stereocenters. The summed E-state index contributed by atoms with van der Waals surface area (Å²) in [5, 5.41) is 14.9. The molecule has 3 aromatic rings. The Morgan fingerprint density at radius 1 is 1.09 bits per heavy atom. The molecule has 7 heteroatoms. The summed E-state index contributed by atoms with van der Waals surface area (Å²) in [4.78, 5) is 28.0. The number of nitrogens with zero attached hydrogens (tertiary/aromatic N) is 1. The number of ketones is 1. The van der Waals surface area contributed by atoms with E-state index in [9.17, 15) is 14.7 Å². The molecule has 6 nitrogen and oxygen atoms in total. The minimum Gasteiger partial charge on any atom is -0.503 e. The maximum atomic E-state index is 13.3. The number of benzene rings is 2. The van der Waals surface area contributed by atoms with Crippen LogP contribution in [0.4, 0.5) is 5.69 Å². The summed E-state index contributed by atoms with van der Waals surface area (Å²) < 4.78 is 11.2. The molecule has 1 amide bonds. The highest BCUT2D eigenvalue weighted by Gasteiger charge is 2.45. The van der Waals surface area contributed by atoms with E-state index in [0.717, 1.165) is 11.1 Å². The number of amides is 1. The first-order chi connectivity index (χ1) is 16.4. The lowest BCUT2D eigenvalue weighted by molar-refractivity contribution is -0.119. The number of aliphatic hydroxyl groups is 1. The van der Waals surface area contributed by atoms with Gasteiger partial charge in [-0.15, -0.1) is 0 Å². The number of carbonyl (C=O) groups is 2. The minimum atomic E-state index is -0.827. The molecular weight excluding hydrogens is 450 g/mol. The van der Waals surface area contributed by atoms with Crippen LogP contribution in [-0.2, 0) is 14.3 Å². The predicted molar refractivity (Wildman–Crippen MR) is 133 cm³/mol. The fourth-order valence-electron chi connectivity index (χ4n) is 4.00. The van der Waals surface area contributed by atoms with Crippen molar-refractivity contribution in [2.45, 2.75) is 26.8 Å². The number of hydrogen-bond donors (Lipinski definition) is 1. The van der Waals surface area contributed by atoms with Gasteiger partial charge in [0.2, 0.25) is 0 Å². The second kappa shape index (κ2) is 10.2. The fraction of sp³-hybridized carbons (Fsp3) is 0.259. The van der Waals surface area contributed by atoms with E-state index >= 15 is 0 Å². The van der Waals surface area contributed by atoms with Crippen LogP contribution < -0.4 is 9.64 Å². The first-order valence-corrected chi connectivity index (χ1v) is 12.1. The molecule has 0 bridgehead atoms. The van der Waals surface area contributed by atoms with Crippen molar-refractivity contribution >= 4 is 28.7 Å². The normalized spacial score (nSPS) is 15.9. The van der Waals surface area contributed by atoms with Gasteiger partial charge in [0, 0.05) is 23.8 Å². The number of carbonyl (C=O) groups excluding carboxylic acids is 2. The standard InChI is InChI=1S/C27H27NO5S/c1-4-32-16-33-22-8-6-5-7-21(22)24-23(25(29)17(2)3)26(30)27(31)28(24)20-11-9-18(10-12-20)19-13-14-34-15-19/h5-15,17,24,30H,4,16H2,1-3H3. The molecule has 2 heterocycles. The zero-order chi connectivity index (χ0) is 24.2. The number of aliphatic hydroxyl groups excluding tert-OH is 1. The number of anilines is 1. The third-order valence-electron chi connectivity index (χ3n) is 5.71. The SMILES string of the molecule is CCOCOc1ccccc1C1C(C(=O)C(C)C)=C(O)C(=O)N1c1ccc(-c2ccsc2)cc1. The predicted octanol–water partition coefficient (Wildman–Crippen LogP) is 5.91. The molecule has 1 aliphatic rings. The van der Waals surface area contributed by atoms with E-state index in [1.54, 1.807) is 37.3 Å². The van der Waals surface area contributed by atoms with Crippen molar-refractivity contribution in [2.75, 3.05) is 18.3 Å². The number of thiophene rings is 1. The number of Topliss-reactive ketones (excluding diaryl/α,β-unsaturated/α-hetero) is 1. The van der Waals surface area contributed by atoms with E-state index in [1.807, 2.05) is 54.8 Å². The van der Waals surface area contributed by atoms with Crippen molar-refractivity contribution in [3.63, 3.8) is 0 Å². The zero-order valence-corrected chi connectivity index (χ0v) is 20.2.